The molecule has 1 aliphatic heterocycles. The van der Waals surface area contributed by atoms with Crippen LogP contribution in [-0.4, -0.2) is 47.8 Å². The second-order valence-electron chi connectivity index (χ2n) is 8.42. The van der Waals surface area contributed by atoms with E-state index in [1.165, 1.54) is 18.2 Å². The molecule has 1 saturated heterocycles. The van der Waals surface area contributed by atoms with E-state index in [2.05, 4.69) is 28.9 Å². The summed E-state index contributed by atoms with van der Waals surface area (Å²) in [5.74, 6) is 3.14. The minimum Gasteiger partial charge on any atom is -0.467 e. The summed E-state index contributed by atoms with van der Waals surface area (Å²) < 4.78 is 32.9. The van der Waals surface area contributed by atoms with E-state index in [1.54, 1.807) is 30.5 Å². The van der Waals surface area contributed by atoms with Crippen molar-refractivity contribution >= 4 is 39.1 Å². The van der Waals surface area contributed by atoms with Gasteiger partial charge in [-0.25, -0.2) is 8.42 Å². The molecule has 3 heterocycles. The lowest BCUT2D eigenvalue weighted by Crippen LogP contribution is -2.40. The molecule has 4 rings (SSSR count). The second kappa shape index (κ2) is 9.89. The van der Waals surface area contributed by atoms with Crippen LogP contribution in [0.1, 0.15) is 26.0 Å². The molecule has 0 aliphatic carbocycles. The van der Waals surface area contributed by atoms with Crippen molar-refractivity contribution in [1.29, 1.82) is 0 Å². The number of benzene rings is 1. The molecule has 10 heteroatoms. The Morgan fingerprint density at radius 3 is 2.50 bits per heavy atom. The van der Waals surface area contributed by atoms with E-state index >= 15 is 0 Å². The maximum atomic E-state index is 12.7. The van der Waals surface area contributed by atoms with Gasteiger partial charge in [-0.3, -0.25) is 4.57 Å². The molecule has 1 aromatic carbocycles. The zero-order chi connectivity index (χ0) is 22.7. The molecule has 32 heavy (non-hydrogen) atoms. The summed E-state index contributed by atoms with van der Waals surface area (Å²) in [6.07, 6.45) is 2.85. The van der Waals surface area contributed by atoms with Crippen molar-refractivity contribution in [3.05, 3.63) is 53.4 Å². The van der Waals surface area contributed by atoms with Crippen LogP contribution in [0.3, 0.4) is 0 Å². The summed E-state index contributed by atoms with van der Waals surface area (Å²) >= 11 is 7.27. The zero-order valence-electron chi connectivity index (χ0n) is 18.1. The van der Waals surface area contributed by atoms with Crippen molar-refractivity contribution in [2.45, 2.75) is 36.9 Å². The van der Waals surface area contributed by atoms with Crippen LogP contribution < -0.4 is 4.90 Å². The van der Waals surface area contributed by atoms with E-state index in [-0.39, 0.29) is 10.6 Å². The fourth-order valence-corrected chi connectivity index (χ4v) is 6.85. The van der Waals surface area contributed by atoms with Crippen molar-refractivity contribution in [3.8, 4) is 0 Å². The molecule has 0 radical (unpaired) electrons. The first-order chi connectivity index (χ1) is 15.3. The van der Waals surface area contributed by atoms with Crippen molar-refractivity contribution < 1.29 is 12.8 Å². The molecule has 3 aromatic rings. The molecule has 1 aliphatic rings. The molecule has 0 amide bonds. The van der Waals surface area contributed by atoms with Crippen molar-refractivity contribution in [2.75, 3.05) is 29.5 Å². The lowest BCUT2D eigenvalue weighted by Gasteiger charge is -2.35. The number of rotatable bonds is 8. The van der Waals surface area contributed by atoms with Crippen molar-refractivity contribution in [1.82, 2.24) is 14.8 Å². The van der Waals surface area contributed by atoms with Gasteiger partial charge in [0.25, 0.3) is 0 Å². The molecule has 0 saturated carbocycles. The van der Waals surface area contributed by atoms with Crippen LogP contribution in [0.15, 0.2) is 57.1 Å². The molecular weight excluding hydrogens is 468 g/mol. The first-order valence-corrected chi connectivity index (χ1v) is 13.6. The van der Waals surface area contributed by atoms with Crippen LogP contribution in [0.4, 0.5) is 5.95 Å². The molecule has 2 aromatic heterocycles. The van der Waals surface area contributed by atoms with E-state index in [0.717, 1.165) is 24.8 Å². The fraction of sp³-hybridized carbons (Fsp3) is 0.455. The normalized spacial score (nSPS) is 19.4. The zero-order valence-corrected chi connectivity index (χ0v) is 20.5. The summed E-state index contributed by atoms with van der Waals surface area (Å²) in [7, 11) is -3.40. The van der Waals surface area contributed by atoms with Crippen LogP contribution in [0.2, 0.25) is 5.02 Å². The van der Waals surface area contributed by atoms with E-state index < -0.39 is 9.84 Å². The van der Waals surface area contributed by atoms with Gasteiger partial charge in [0.05, 0.1) is 23.5 Å². The summed E-state index contributed by atoms with van der Waals surface area (Å²) in [6, 6.07) is 10.0. The van der Waals surface area contributed by atoms with Gasteiger partial charge in [0.2, 0.25) is 5.95 Å². The number of furan rings is 1. The van der Waals surface area contributed by atoms with Crippen LogP contribution in [-0.2, 0) is 16.4 Å². The highest BCUT2D eigenvalue weighted by atomic mass is 35.5. The second-order valence-corrected chi connectivity index (χ2v) is 12.0. The van der Waals surface area contributed by atoms with Gasteiger partial charge in [0.15, 0.2) is 15.0 Å². The Labute approximate surface area is 198 Å². The predicted molar refractivity (Wildman–Crippen MR) is 127 cm³/mol. The number of sulfone groups is 1. The van der Waals surface area contributed by atoms with E-state index in [9.17, 15) is 8.42 Å². The lowest BCUT2D eigenvalue weighted by molar-refractivity contribution is 0.350. The lowest BCUT2D eigenvalue weighted by atomic mass is 9.92. The maximum absolute atomic E-state index is 12.7. The first-order valence-electron chi connectivity index (χ1n) is 10.6. The van der Waals surface area contributed by atoms with Gasteiger partial charge in [0, 0.05) is 23.9 Å². The van der Waals surface area contributed by atoms with Gasteiger partial charge in [0.1, 0.15) is 5.76 Å². The molecule has 0 N–H and O–H groups in total. The molecule has 1 fully saturated rings. The van der Waals surface area contributed by atoms with Crippen LogP contribution >= 0.6 is 23.4 Å². The molecule has 0 bridgehead atoms. The molecular formula is C22H27ClN4O3S2. The number of thioether (sulfide) groups is 1. The smallest absolute Gasteiger partial charge is 0.228 e. The number of halogens is 1. The SMILES string of the molecule is CC1CC(C)CN(c2nnc(SCCS(=O)(=O)c3ccc(Cl)cc3)n2Cc2ccco2)C1. The molecule has 7 nitrogen and oxygen atoms in total. The number of hydrogen-bond donors (Lipinski definition) is 0. The maximum Gasteiger partial charge on any atom is 0.228 e. The van der Waals surface area contributed by atoms with Crippen molar-refractivity contribution in [2.24, 2.45) is 11.8 Å². The molecule has 2 unspecified atom stereocenters. The standard InChI is InChI=1S/C22H27ClN4O3S2/c1-16-12-17(2)14-26(13-16)21-24-25-22(27(21)15-19-4-3-9-30-19)31-10-11-32(28,29)20-7-5-18(23)6-8-20/h3-9,16-17H,10-15H2,1-2H3. The Morgan fingerprint density at radius 1 is 1.12 bits per heavy atom. The quantitative estimate of drug-likeness (QED) is 0.422. The number of hydrogen-bond acceptors (Lipinski definition) is 7. The third kappa shape index (κ3) is 5.50. The van der Waals surface area contributed by atoms with Gasteiger partial charge >= 0.3 is 0 Å². The Morgan fingerprint density at radius 2 is 1.84 bits per heavy atom. The number of nitrogens with zero attached hydrogens (tertiary/aromatic N) is 4. The summed E-state index contributed by atoms with van der Waals surface area (Å²) in [5, 5.41) is 10.1. The van der Waals surface area contributed by atoms with Crippen molar-refractivity contribution in [3.63, 3.8) is 0 Å². The first kappa shape index (κ1) is 23.2. The van der Waals surface area contributed by atoms with Gasteiger partial charge in [-0.05, 0) is 54.7 Å². The van der Waals surface area contributed by atoms with Gasteiger partial charge < -0.3 is 9.32 Å². The predicted octanol–water partition coefficient (Wildman–Crippen LogP) is 4.62. The summed E-state index contributed by atoms with van der Waals surface area (Å²) in [4.78, 5) is 2.56. The summed E-state index contributed by atoms with van der Waals surface area (Å²) in [5.41, 5.74) is 0. The Hall–Kier alpha value is -1.97. The minimum atomic E-state index is -3.40. The Balaban J connectivity index is 1.51. The van der Waals surface area contributed by atoms with Gasteiger partial charge in [-0.1, -0.05) is 37.2 Å². The van der Waals surface area contributed by atoms with Gasteiger partial charge in [-0.15, -0.1) is 10.2 Å². The topological polar surface area (TPSA) is 81.2 Å². The average molecular weight is 495 g/mol. The number of anilines is 1. The third-order valence-electron chi connectivity index (χ3n) is 5.50. The molecule has 172 valence electrons. The monoisotopic (exact) mass is 494 g/mol. The number of piperidine rings is 1. The van der Waals surface area contributed by atoms with E-state index in [0.29, 0.717) is 34.3 Å². The number of aromatic nitrogens is 3. The minimum absolute atomic E-state index is 0.0000266. The Kier molecular flexibility index (Phi) is 7.17. The highest BCUT2D eigenvalue weighted by Crippen LogP contribution is 2.29. The van der Waals surface area contributed by atoms with Crippen LogP contribution in [0.25, 0.3) is 0 Å². The Bertz CT molecular complexity index is 1120. The molecule has 0 spiro atoms. The highest BCUT2D eigenvalue weighted by molar-refractivity contribution is 8.00. The van der Waals surface area contributed by atoms with Crippen LogP contribution in [0.5, 0.6) is 0 Å². The van der Waals surface area contributed by atoms with E-state index in [1.807, 2.05) is 16.7 Å². The van der Waals surface area contributed by atoms with Crippen LogP contribution in [0, 0.1) is 11.8 Å². The highest BCUT2D eigenvalue weighted by Gasteiger charge is 2.27. The largest absolute Gasteiger partial charge is 0.467 e. The third-order valence-corrected chi connectivity index (χ3v) is 8.71. The average Bonchev–Trinajstić information content (AvgIpc) is 3.38. The molecule has 2 atom stereocenters. The van der Waals surface area contributed by atoms with E-state index in [4.69, 9.17) is 16.0 Å². The summed E-state index contributed by atoms with van der Waals surface area (Å²) in [6.45, 7) is 6.87. The fourth-order valence-electron chi connectivity index (χ4n) is 4.15. The van der Waals surface area contributed by atoms with Gasteiger partial charge in [-0.2, -0.15) is 0 Å².